The number of thiophene rings is 1. The molecule has 616 valence electrons. The van der Waals surface area contributed by atoms with Crippen LogP contribution in [0, 0.1) is 58.7 Å². The Bertz CT molecular complexity index is 6500. The Labute approximate surface area is 717 Å². The molecule has 0 radical (unpaired) electrons. The number of methoxy groups -OCH3 is 2. The molecule has 5 N–H and O–H groups in total. The van der Waals surface area contributed by atoms with E-state index in [4.69, 9.17) is 30.8 Å². The molecule has 0 amide bonds. The Morgan fingerprint density at radius 2 is 0.844 bits per heavy atom. The van der Waals surface area contributed by atoms with Crippen molar-refractivity contribution in [2.24, 2.45) is 25.0 Å². The second-order valence-corrected chi connectivity index (χ2v) is 34.2. The Morgan fingerprint density at radius 3 is 1.34 bits per heavy atom. The van der Waals surface area contributed by atoms with Gasteiger partial charge in [0, 0.05) is 147 Å². The first-order valence-electron chi connectivity index (χ1n) is 39.5. The lowest BCUT2D eigenvalue weighted by molar-refractivity contribution is 0.0599. The number of nitriles is 1. The molecule has 11 aromatic rings. The number of amidine groups is 5. The van der Waals surface area contributed by atoms with Gasteiger partial charge in [-0.1, -0.05) is 39.7 Å². The van der Waals surface area contributed by atoms with E-state index >= 15 is 0 Å². The summed E-state index contributed by atoms with van der Waals surface area (Å²) >= 11 is 10.9. The van der Waals surface area contributed by atoms with E-state index in [1.165, 1.54) is 17.4 Å². The highest BCUT2D eigenvalue weighted by atomic mass is 79.9. The molecule has 0 bridgehead atoms. The molecule has 0 unspecified atom stereocenters. The van der Waals surface area contributed by atoms with Crippen LogP contribution >= 0.6 is 38.9 Å². The van der Waals surface area contributed by atoms with Gasteiger partial charge in [0.05, 0.1) is 60.4 Å². The summed E-state index contributed by atoms with van der Waals surface area (Å²) < 4.78 is 30.7. The second kappa shape index (κ2) is 31.2. The van der Waals surface area contributed by atoms with Crippen LogP contribution in [0.5, 0.6) is 11.5 Å². The fraction of sp³-hybridized carbons (Fsp3) is 0.245. The molecule has 5 saturated heterocycles. The molecule has 0 spiro atoms. The van der Waals surface area contributed by atoms with Gasteiger partial charge in [-0.15, -0.1) is 11.3 Å². The average molecular weight is 1740 g/mol. The van der Waals surface area contributed by atoms with Crippen molar-refractivity contribution in [2.75, 3.05) is 71.4 Å². The van der Waals surface area contributed by atoms with Crippen molar-refractivity contribution in [1.82, 2.24) is 0 Å². The van der Waals surface area contributed by atoms with Gasteiger partial charge in [-0.25, -0.2) is 29.4 Å². The largest absolute Gasteiger partial charge is 0.497 e. The number of ketones is 5. The van der Waals surface area contributed by atoms with E-state index in [-0.39, 0.29) is 41.5 Å². The van der Waals surface area contributed by atoms with Gasteiger partial charge in [-0.3, -0.25) is 24.0 Å². The van der Waals surface area contributed by atoms with Crippen molar-refractivity contribution in [3.8, 4) is 17.6 Å². The van der Waals surface area contributed by atoms with Crippen LogP contribution in [0.25, 0.3) is 11.0 Å². The molecule has 0 saturated carbocycles. The zero-order chi connectivity index (χ0) is 86.0. The van der Waals surface area contributed by atoms with Gasteiger partial charge in [0.2, 0.25) is 28.9 Å². The minimum absolute atomic E-state index is 0.130. The highest BCUT2D eigenvalue weighted by molar-refractivity contribution is 9.10. The van der Waals surface area contributed by atoms with Crippen LogP contribution < -0.4 is 34.0 Å². The number of ether oxygens (including phenoxy) is 2. The topological polar surface area (TPSA) is 320 Å². The minimum atomic E-state index is -1.71. The number of carbonyl (C=O) groups excluding carboxylic acids is 5. The number of fused-ring (bicyclic) bond motifs is 11. The number of aliphatic imine (C=N–C) groups is 5. The third kappa shape index (κ3) is 14.0. The maximum absolute atomic E-state index is 13.9. The van der Waals surface area contributed by atoms with E-state index < -0.39 is 39.6 Å². The molecule has 28 heteroatoms. The molecule has 12 heterocycles. The van der Waals surface area contributed by atoms with Crippen LogP contribution in [0.4, 0.5) is 60.6 Å². The number of anilines is 5. The number of furan rings is 1. The van der Waals surface area contributed by atoms with Gasteiger partial charge in [-0.05, 0) is 227 Å². The predicted octanol–water partition coefficient (Wildman–Crippen LogP) is 16.9. The van der Waals surface area contributed by atoms with Gasteiger partial charge < -0.3 is 63.9 Å². The van der Waals surface area contributed by atoms with Crippen molar-refractivity contribution in [3.63, 3.8) is 0 Å². The summed E-state index contributed by atoms with van der Waals surface area (Å²) in [7, 11) is 3.20. The molecule has 0 aliphatic carbocycles. The molecule has 2 aromatic heterocycles. The van der Waals surface area contributed by atoms with Crippen LogP contribution in [0.1, 0.15) is 122 Å². The lowest BCUT2D eigenvalue weighted by Gasteiger charge is -2.30. The van der Waals surface area contributed by atoms with E-state index in [1.54, 1.807) is 63.8 Å². The summed E-state index contributed by atoms with van der Waals surface area (Å²) in [6, 6.07) is 56.5. The fourth-order valence-corrected chi connectivity index (χ4v) is 18.4. The van der Waals surface area contributed by atoms with Crippen molar-refractivity contribution in [3.05, 3.63) is 270 Å². The second-order valence-electron chi connectivity index (χ2n) is 31.6. The zero-order valence-corrected chi connectivity index (χ0v) is 70.6. The molecule has 10 aliphatic heterocycles. The van der Waals surface area contributed by atoms with E-state index in [0.717, 1.165) is 82.5 Å². The van der Waals surface area contributed by atoms with E-state index in [1.807, 2.05) is 199 Å². The zero-order valence-electron chi connectivity index (χ0n) is 67.4. The number of halogens is 3. The first-order chi connectivity index (χ1) is 58.4. The molecular weight excluding hydrogens is 1660 g/mol. The van der Waals surface area contributed by atoms with E-state index in [9.17, 15) is 53.9 Å². The molecular formula is C94H80BrClFN11O13S. The monoisotopic (exact) mass is 1740 g/mol. The van der Waals surface area contributed by atoms with Crippen LogP contribution in [0.2, 0.25) is 5.02 Å². The molecule has 10 aliphatic rings. The number of nitrogens with zero attached hydrogens (tertiary/aromatic N) is 11. The molecule has 9 aromatic carbocycles. The summed E-state index contributed by atoms with van der Waals surface area (Å²) in [6.45, 7) is 14.0. The number of carbonyl (C=O) groups is 5. The lowest BCUT2D eigenvalue weighted by Crippen LogP contribution is -2.48. The maximum atomic E-state index is 13.9. The molecule has 5 fully saturated rings. The normalized spacial score (nSPS) is 22.0. The minimum Gasteiger partial charge on any atom is -0.497 e. The van der Waals surface area contributed by atoms with E-state index in [0.29, 0.717) is 147 Å². The number of rotatable bonds is 7. The Balaban J connectivity index is 0.000000108. The highest BCUT2D eigenvalue weighted by Crippen LogP contribution is 2.48. The Morgan fingerprint density at radius 1 is 0.434 bits per heavy atom. The van der Waals surface area contributed by atoms with Gasteiger partial charge in [0.15, 0.2) is 33.8 Å². The van der Waals surface area contributed by atoms with Crippen molar-refractivity contribution >= 4 is 164 Å². The number of hydrogen-bond acceptors (Lipinski definition) is 25. The predicted molar refractivity (Wildman–Crippen MR) is 473 cm³/mol. The van der Waals surface area contributed by atoms with Crippen molar-refractivity contribution in [1.29, 1.82) is 5.26 Å². The molecule has 122 heavy (non-hydrogen) atoms. The summed E-state index contributed by atoms with van der Waals surface area (Å²) in [6.07, 6.45) is 3.13. The fourth-order valence-electron chi connectivity index (χ4n) is 17.0. The quantitative estimate of drug-likeness (QED) is 0.0990. The smallest absolute Gasteiger partial charge is 0.205 e. The molecule has 21 rings (SSSR count). The summed E-state index contributed by atoms with van der Waals surface area (Å²) in [4.78, 5) is 97.8. The number of Topliss-reactive ketones (excluding diaryl/α,β-unsaturated/α-hetero) is 5. The van der Waals surface area contributed by atoms with Gasteiger partial charge in [-0.2, -0.15) is 5.26 Å². The van der Waals surface area contributed by atoms with Gasteiger partial charge in [0.1, 0.15) is 51.2 Å². The van der Waals surface area contributed by atoms with Crippen LogP contribution in [0.15, 0.2) is 222 Å². The van der Waals surface area contributed by atoms with Crippen LogP contribution in [-0.2, 0) is 0 Å². The van der Waals surface area contributed by atoms with Crippen LogP contribution in [-0.4, -0.2) is 159 Å². The van der Waals surface area contributed by atoms with Crippen molar-refractivity contribution < 1.29 is 67.8 Å². The van der Waals surface area contributed by atoms with Gasteiger partial charge in [0.25, 0.3) is 0 Å². The number of benzene rings is 9. The number of aliphatic hydroxyl groups is 5. The Hall–Kier alpha value is -12.5. The van der Waals surface area contributed by atoms with Gasteiger partial charge >= 0.3 is 0 Å². The van der Waals surface area contributed by atoms with E-state index in [2.05, 4.69) is 47.0 Å². The standard InChI is InChI=1S/C20H17N3O2.C20H20N2O3.C19H13ClN2O3.C19H17FN2O3.C16H13BrN2O2S/c1-12-9-16-17(10-13(12)2)22-19-20(25,18(16)24)7-8-23(19)15-5-3-14(11-21)4-6-15;1-12-9-16-17(10-13(12)2)21-19-20(24,18(16)23)7-8-22(19)14-5-4-6-15(11-14)25-3;20-12-2-4-15-14(9-12)17(23)19(24)6-7-22(18(19)21-15)13-3-1-11-5-8-25-16(11)10-13;1-11-9-16-14(10-15(11)20)17(23)19(24)7-8-22(18(19)21-16)12-3-5-13(25-2)6-4-12;1-9-7-12-13(20)16(21)5-6-19(15(16)18-14(12)22-9)11-4-2-3-10(17)8-11/h3-6,9-10,25H,7-8H2,1-2H3;4-6,9-11,24H,7-8H2,1-3H3;1-5,8-10,24H,6-7H2;3-6,9-10,24H,7-8H2,1-2H3;2-4,7-8,21H,5-6H2,1H3/t2*20-;2*19-;16-/m11111/s1. The SMILES string of the molecule is COc1ccc(N2CC[C@@]3(O)C(=O)c4cc(F)c(C)cc4N=C23)cc1.COc1cccc(N2CC[C@@]3(O)C(=O)c4cc(C)c(C)cc4N=C23)c1.Cc1cc2c(cc1C)C(=O)[C@]1(O)CCN(c3ccc(C#N)cc3)C1=N2.Cc1cc2c(s1)N=C1N(c3cccc(Br)c3)CC[C@@]1(O)C2=O.O=C1c2cc(Cl)ccc2N=C2N(c3ccc4ccoc4c3)CC[C@@]12O. The number of aryl methyl sites for hydroxylation is 6. The Kier molecular flexibility index (Phi) is 20.9. The lowest BCUT2D eigenvalue weighted by atomic mass is 9.86. The highest BCUT2D eigenvalue weighted by Gasteiger charge is 2.58. The van der Waals surface area contributed by atoms with Crippen molar-refractivity contribution in [2.45, 2.75) is 102 Å². The summed E-state index contributed by atoms with van der Waals surface area (Å²) in [5.41, 5.74) is 6.35. The molecule has 5 atom stereocenters. The average Bonchev–Trinajstić information content (AvgIpc) is 1.55. The van der Waals surface area contributed by atoms with Crippen LogP contribution in [0.3, 0.4) is 0 Å². The summed E-state index contributed by atoms with van der Waals surface area (Å²) in [5, 5.41) is 66.1. The summed E-state index contributed by atoms with van der Waals surface area (Å²) in [5.74, 6) is 1.23. The third-order valence-electron chi connectivity index (χ3n) is 24.1. The maximum Gasteiger partial charge on any atom is 0.205 e. The first-order valence-corrected chi connectivity index (χ1v) is 41.5. The first kappa shape index (κ1) is 81.9. The number of hydrogen-bond donors (Lipinski definition) is 5. The molecule has 24 nitrogen and oxygen atoms in total. The third-order valence-corrected chi connectivity index (χ3v) is 25.7.